The van der Waals surface area contributed by atoms with Crippen LogP contribution < -0.4 is 11.1 Å². The number of amides is 1. The van der Waals surface area contributed by atoms with Crippen molar-refractivity contribution in [3.8, 4) is 0 Å². The van der Waals surface area contributed by atoms with Crippen molar-refractivity contribution in [3.05, 3.63) is 29.8 Å². The van der Waals surface area contributed by atoms with Crippen molar-refractivity contribution in [2.45, 2.75) is 51.5 Å². The van der Waals surface area contributed by atoms with Crippen LogP contribution in [0.3, 0.4) is 0 Å². The fraction of sp³-hybridized carbons (Fsp3) is 0.562. The fourth-order valence-corrected chi connectivity index (χ4v) is 2.85. The van der Waals surface area contributed by atoms with Gasteiger partial charge in [0.25, 0.3) is 0 Å². The molecule has 8 heteroatoms. The largest absolute Gasteiger partial charge is 0.325 e. The Morgan fingerprint density at radius 2 is 2.00 bits per heavy atom. The first-order valence-electron chi connectivity index (χ1n) is 8.02. The highest BCUT2D eigenvalue weighted by Gasteiger charge is 2.19. The Balaban J connectivity index is 0.00000529. The molecule has 0 aliphatic carbocycles. The fourth-order valence-electron chi connectivity index (χ4n) is 2.23. The van der Waals surface area contributed by atoms with Crippen molar-refractivity contribution in [3.63, 3.8) is 0 Å². The summed E-state index contributed by atoms with van der Waals surface area (Å²) in [6.07, 6.45) is 5.26. The third kappa shape index (κ3) is 10.2. The van der Waals surface area contributed by atoms with Crippen LogP contribution in [-0.2, 0) is 15.8 Å². The summed E-state index contributed by atoms with van der Waals surface area (Å²) in [6.45, 7) is 2.17. The minimum Gasteiger partial charge on any atom is -0.325 e. The number of hydrogen-bond donors (Lipinski definition) is 4. The van der Waals surface area contributed by atoms with E-state index in [9.17, 15) is 9.36 Å². The molecule has 6 nitrogen and oxygen atoms in total. The molecule has 1 aromatic carbocycles. The summed E-state index contributed by atoms with van der Waals surface area (Å²) < 4.78 is 10.8. The first kappa shape index (κ1) is 23.3. The van der Waals surface area contributed by atoms with E-state index in [1.807, 2.05) is 18.2 Å². The van der Waals surface area contributed by atoms with Crippen LogP contribution in [0.25, 0.3) is 0 Å². The molecule has 1 aromatic rings. The second kappa shape index (κ2) is 11.8. The van der Waals surface area contributed by atoms with Gasteiger partial charge in [-0.3, -0.25) is 9.36 Å². The third-order valence-corrected chi connectivity index (χ3v) is 4.42. The lowest BCUT2D eigenvalue weighted by molar-refractivity contribution is -0.117. The topological polar surface area (TPSA) is 113 Å². The molecular weight excluding hydrogens is 395 g/mol. The van der Waals surface area contributed by atoms with Gasteiger partial charge in [-0.1, -0.05) is 38.3 Å². The number of carbonyl (C=O) groups is 1. The molecule has 0 heterocycles. The number of halogens is 1. The maximum absolute atomic E-state index is 12.0. The van der Waals surface area contributed by atoms with Gasteiger partial charge in [0.2, 0.25) is 5.91 Å². The molecule has 1 atom stereocenters. The highest BCUT2D eigenvalue weighted by molar-refractivity contribution is 8.93. The van der Waals surface area contributed by atoms with Crippen LogP contribution in [0.15, 0.2) is 24.3 Å². The molecular formula is C16H28BrN2O4P. The van der Waals surface area contributed by atoms with Gasteiger partial charge in [0, 0.05) is 5.69 Å². The number of unbranched alkanes of at least 4 members (excludes halogenated alkanes) is 3. The molecule has 0 fully saturated rings. The normalized spacial score (nSPS) is 12.3. The van der Waals surface area contributed by atoms with E-state index in [1.165, 1.54) is 19.3 Å². The predicted molar refractivity (Wildman–Crippen MR) is 103 cm³/mol. The summed E-state index contributed by atoms with van der Waals surface area (Å²) in [4.78, 5) is 29.6. The van der Waals surface area contributed by atoms with Gasteiger partial charge in [0.15, 0.2) is 0 Å². The minimum absolute atomic E-state index is 0. The number of nitrogens with two attached hydrogens (primary N) is 1. The van der Waals surface area contributed by atoms with Crippen LogP contribution in [0.5, 0.6) is 0 Å². The van der Waals surface area contributed by atoms with Crippen molar-refractivity contribution in [1.29, 1.82) is 0 Å². The number of anilines is 1. The molecule has 0 unspecified atom stereocenters. The molecule has 1 rings (SSSR count). The first-order valence-corrected chi connectivity index (χ1v) is 9.81. The molecule has 0 spiro atoms. The van der Waals surface area contributed by atoms with E-state index in [1.54, 1.807) is 6.07 Å². The number of hydrogen-bond acceptors (Lipinski definition) is 3. The molecule has 5 N–H and O–H groups in total. The summed E-state index contributed by atoms with van der Waals surface area (Å²) in [5.74, 6) is -0.429. The van der Waals surface area contributed by atoms with Crippen LogP contribution in [0.1, 0.15) is 44.6 Å². The van der Waals surface area contributed by atoms with E-state index in [-0.39, 0.29) is 29.6 Å². The molecule has 24 heavy (non-hydrogen) atoms. The van der Waals surface area contributed by atoms with Crippen LogP contribution in [-0.4, -0.2) is 27.9 Å². The maximum Gasteiger partial charge on any atom is 0.325 e. The van der Waals surface area contributed by atoms with E-state index in [4.69, 9.17) is 15.5 Å². The second-order valence-electron chi connectivity index (χ2n) is 5.78. The zero-order valence-electron chi connectivity index (χ0n) is 14.0. The third-order valence-electron chi connectivity index (χ3n) is 3.58. The summed E-state index contributed by atoms with van der Waals surface area (Å²) >= 11 is 0. The lowest BCUT2D eigenvalue weighted by Crippen LogP contribution is -2.36. The van der Waals surface area contributed by atoms with Crippen molar-refractivity contribution in [1.82, 2.24) is 0 Å². The summed E-state index contributed by atoms with van der Waals surface area (Å²) in [6, 6.07) is 6.67. The molecule has 0 bridgehead atoms. The van der Waals surface area contributed by atoms with Crippen LogP contribution >= 0.6 is 24.6 Å². The number of nitrogens with one attached hydrogen (secondary N) is 1. The molecule has 1 amide bonds. The molecule has 0 saturated carbocycles. The number of carbonyl (C=O) groups excluding carboxylic acids is 1. The van der Waals surface area contributed by atoms with Gasteiger partial charge >= 0.3 is 7.60 Å². The average molecular weight is 423 g/mol. The minimum atomic E-state index is -4.13. The van der Waals surface area contributed by atoms with E-state index in [0.717, 1.165) is 18.4 Å². The van der Waals surface area contributed by atoms with Crippen molar-refractivity contribution < 1.29 is 19.1 Å². The van der Waals surface area contributed by atoms with Crippen molar-refractivity contribution in [2.75, 3.05) is 11.5 Å². The van der Waals surface area contributed by atoms with Gasteiger partial charge in [-0.05, 0) is 37.0 Å². The smallest absolute Gasteiger partial charge is 0.325 e. The van der Waals surface area contributed by atoms with Crippen molar-refractivity contribution in [2.24, 2.45) is 5.73 Å². The quantitative estimate of drug-likeness (QED) is 0.341. The monoisotopic (exact) mass is 422 g/mol. The Hall–Kier alpha value is -0.720. The average Bonchev–Trinajstić information content (AvgIpc) is 2.49. The van der Waals surface area contributed by atoms with Crippen LogP contribution in [0.2, 0.25) is 0 Å². The summed E-state index contributed by atoms with van der Waals surface area (Å²) in [5.41, 5.74) is 7.49. The van der Waals surface area contributed by atoms with Crippen molar-refractivity contribution >= 4 is 36.2 Å². The molecule has 138 valence electrons. The molecule has 0 aliphatic heterocycles. The number of benzene rings is 1. The Bertz CT molecular complexity index is 551. The van der Waals surface area contributed by atoms with Gasteiger partial charge in [-0.25, -0.2) is 0 Å². The van der Waals surface area contributed by atoms with Gasteiger partial charge < -0.3 is 20.8 Å². The highest BCUT2D eigenvalue weighted by atomic mass is 79.9. The number of aryl methyl sites for hydroxylation is 1. The molecule has 0 saturated heterocycles. The molecule has 0 radical (unpaired) electrons. The standard InChI is InChI=1S/C16H27N2O4P.BrH/c1-2-3-4-5-7-13-8-6-9-14(12-13)18-16(19)15(17)10-11-23(20,21)22;/h6,8-9,12,15H,2-5,7,10-11,17H2,1H3,(H,18,19)(H2,20,21,22);1H/t15-;/m0./s1. The van der Waals surface area contributed by atoms with Gasteiger partial charge in [-0.15, -0.1) is 17.0 Å². The summed E-state index contributed by atoms with van der Waals surface area (Å²) in [5, 5.41) is 2.70. The Morgan fingerprint density at radius 3 is 2.62 bits per heavy atom. The Kier molecular flexibility index (Phi) is 11.4. The highest BCUT2D eigenvalue weighted by Crippen LogP contribution is 2.35. The zero-order valence-corrected chi connectivity index (χ0v) is 16.6. The van der Waals surface area contributed by atoms with E-state index >= 15 is 0 Å². The first-order chi connectivity index (χ1) is 10.8. The van der Waals surface area contributed by atoms with E-state index in [0.29, 0.717) is 5.69 Å². The lowest BCUT2D eigenvalue weighted by atomic mass is 10.1. The van der Waals surface area contributed by atoms with Gasteiger partial charge in [0.1, 0.15) is 0 Å². The Morgan fingerprint density at radius 1 is 1.29 bits per heavy atom. The zero-order chi connectivity index (χ0) is 17.3. The Labute approximate surface area is 154 Å². The maximum atomic E-state index is 12.0. The van der Waals surface area contributed by atoms with Crippen LogP contribution in [0, 0.1) is 0 Å². The molecule has 0 aromatic heterocycles. The second-order valence-corrected chi connectivity index (χ2v) is 7.56. The lowest BCUT2D eigenvalue weighted by Gasteiger charge is -2.13. The SMILES string of the molecule is Br.CCCCCCc1cccc(NC(=O)[C@@H](N)CCP(=O)(O)O)c1. The van der Waals surface area contributed by atoms with Crippen LogP contribution in [0.4, 0.5) is 5.69 Å². The number of rotatable bonds is 10. The molecule has 0 aliphatic rings. The van der Waals surface area contributed by atoms with Gasteiger partial charge in [0.05, 0.1) is 12.2 Å². The van der Waals surface area contributed by atoms with E-state index in [2.05, 4.69) is 12.2 Å². The van der Waals surface area contributed by atoms with Gasteiger partial charge in [-0.2, -0.15) is 0 Å². The predicted octanol–water partition coefficient (Wildman–Crippen LogP) is 3.22. The summed E-state index contributed by atoms with van der Waals surface area (Å²) in [7, 11) is -4.13. The van der Waals surface area contributed by atoms with E-state index < -0.39 is 19.5 Å².